The van der Waals surface area contributed by atoms with Gasteiger partial charge in [-0.2, -0.15) is 13.2 Å². The molecule has 2 unspecified atom stereocenters. The molecule has 16 heavy (non-hydrogen) atoms. The Labute approximate surface area is 91.1 Å². The van der Waals surface area contributed by atoms with Crippen LogP contribution in [-0.2, 0) is 6.54 Å². The van der Waals surface area contributed by atoms with Crippen molar-refractivity contribution in [3.8, 4) is 0 Å². The number of aromatic nitrogens is 3. The molecule has 1 aromatic rings. The zero-order chi connectivity index (χ0) is 12.3. The lowest BCUT2D eigenvalue weighted by Crippen LogP contribution is -2.32. The maximum atomic E-state index is 12.1. The molecule has 1 heterocycles. The Bertz CT molecular complexity index is 337. The maximum absolute atomic E-state index is 12.1. The van der Waals surface area contributed by atoms with Crippen LogP contribution in [0.5, 0.6) is 0 Å². The van der Waals surface area contributed by atoms with Crippen LogP contribution in [0.25, 0.3) is 0 Å². The number of halogens is 3. The van der Waals surface area contributed by atoms with Gasteiger partial charge in [-0.1, -0.05) is 19.1 Å². The number of rotatable bonds is 4. The van der Waals surface area contributed by atoms with Gasteiger partial charge in [0.05, 0.1) is 12.2 Å². The molecular weight excluding hydrogens is 223 g/mol. The molecule has 92 valence electrons. The molecule has 1 rings (SSSR count). The van der Waals surface area contributed by atoms with Crippen LogP contribution < -0.4 is 0 Å². The molecule has 4 nitrogen and oxygen atoms in total. The molecule has 0 fully saturated rings. The zero-order valence-corrected chi connectivity index (χ0v) is 9.07. The SMILES string of the molecule is CCC(C)c1cn(CC(O)C(F)(F)F)nn1. The van der Waals surface area contributed by atoms with E-state index in [0.29, 0.717) is 5.69 Å². The number of aliphatic hydroxyl groups is 1. The van der Waals surface area contributed by atoms with Crippen LogP contribution in [-0.4, -0.2) is 32.4 Å². The van der Waals surface area contributed by atoms with Gasteiger partial charge in [-0.3, -0.25) is 0 Å². The third kappa shape index (κ3) is 3.19. The van der Waals surface area contributed by atoms with Gasteiger partial charge < -0.3 is 5.11 Å². The van der Waals surface area contributed by atoms with Crippen LogP contribution >= 0.6 is 0 Å². The summed E-state index contributed by atoms with van der Waals surface area (Å²) >= 11 is 0. The summed E-state index contributed by atoms with van der Waals surface area (Å²) in [5.74, 6) is 0.150. The molecule has 0 saturated carbocycles. The van der Waals surface area contributed by atoms with E-state index in [1.807, 2.05) is 13.8 Å². The predicted octanol–water partition coefficient (Wildman–Crippen LogP) is 1.71. The summed E-state index contributed by atoms with van der Waals surface area (Å²) in [6, 6.07) is 0. The van der Waals surface area contributed by atoms with E-state index in [1.165, 1.54) is 6.20 Å². The second-order valence-corrected chi connectivity index (χ2v) is 3.73. The molecule has 1 aromatic heterocycles. The first-order chi connectivity index (χ1) is 7.34. The van der Waals surface area contributed by atoms with Crippen LogP contribution in [0.1, 0.15) is 31.9 Å². The van der Waals surface area contributed by atoms with Gasteiger partial charge in [0.15, 0.2) is 6.10 Å². The van der Waals surface area contributed by atoms with E-state index in [0.717, 1.165) is 11.1 Å². The lowest BCUT2D eigenvalue weighted by atomic mass is 10.1. The third-order valence-corrected chi connectivity index (χ3v) is 2.41. The lowest BCUT2D eigenvalue weighted by molar-refractivity contribution is -0.208. The number of hydrogen-bond donors (Lipinski definition) is 1. The molecule has 0 aliphatic heterocycles. The van der Waals surface area contributed by atoms with Crippen LogP contribution in [0, 0.1) is 0 Å². The molecule has 2 atom stereocenters. The van der Waals surface area contributed by atoms with E-state index in [4.69, 9.17) is 5.11 Å². The maximum Gasteiger partial charge on any atom is 0.416 e. The van der Waals surface area contributed by atoms with E-state index >= 15 is 0 Å². The van der Waals surface area contributed by atoms with Crippen LogP contribution in [0.3, 0.4) is 0 Å². The fourth-order valence-electron chi connectivity index (χ4n) is 1.12. The highest BCUT2D eigenvalue weighted by Crippen LogP contribution is 2.21. The Morgan fingerprint density at radius 3 is 2.62 bits per heavy atom. The number of alkyl halides is 3. The van der Waals surface area contributed by atoms with Gasteiger partial charge in [0.2, 0.25) is 0 Å². The smallest absolute Gasteiger partial charge is 0.382 e. The Morgan fingerprint density at radius 1 is 1.50 bits per heavy atom. The summed E-state index contributed by atoms with van der Waals surface area (Å²) in [5, 5.41) is 16.1. The molecular formula is C9H14F3N3O. The highest BCUT2D eigenvalue weighted by atomic mass is 19.4. The first-order valence-electron chi connectivity index (χ1n) is 4.99. The standard InChI is InChI=1S/C9H14F3N3O/c1-3-6(2)7-4-15(14-13-7)5-8(16)9(10,11)12/h4,6,8,16H,3,5H2,1-2H3. The van der Waals surface area contributed by atoms with Gasteiger partial charge in [-0.05, 0) is 6.42 Å². The van der Waals surface area contributed by atoms with Crippen molar-refractivity contribution in [2.24, 2.45) is 0 Å². The number of nitrogens with zero attached hydrogens (tertiary/aromatic N) is 3. The molecule has 0 aromatic carbocycles. The fourth-order valence-corrected chi connectivity index (χ4v) is 1.12. The van der Waals surface area contributed by atoms with Crippen molar-refractivity contribution in [1.82, 2.24) is 15.0 Å². The third-order valence-electron chi connectivity index (χ3n) is 2.41. The summed E-state index contributed by atoms with van der Waals surface area (Å²) in [6.07, 6.45) is -4.76. The van der Waals surface area contributed by atoms with E-state index < -0.39 is 18.8 Å². The van der Waals surface area contributed by atoms with Gasteiger partial charge in [0, 0.05) is 12.1 Å². The largest absolute Gasteiger partial charge is 0.416 e. The average molecular weight is 237 g/mol. The molecule has 0 radical (unpaired) electrons. The summed E-state index contributed by atoms with van der Waals surface area (Å²) in [6.45, 7) is 3.25. The molecule has 0 aliphatic rings. The number of aliphatic hydroxyl groups excluding tert-OH is 1. The molecule has 0 amide bonds. The van der Waals surface area contributed by atoms with Gasteiger partial charge in [0.1, 0.15) is 0 Å². The Balaban J connectivity index is 2.66. The minimum atomic E-state index is -4.62. The van der Waals surface area contributed by atoms with Crippen LogP contribution in [0.4, 0.5) is 13.2 Å². The molecule has 1 N–H and O–H groups in total. The predicted molar refractivity (Wildman–Crippen MR) is 50.8 cm³/mol. The van der Waals surface area contributed by atoms with E-state index in [-0.39, 0.29) is 5.92 Å². The number of hydrogen-bond acceptors (Lipinski definition) is 3. The van der Waals surface area contributed by atoms with Crippen molar-refractivity contribution in [2.45, 2.75) is 45.0 Å². The average Bonchev–Trinajstić information content (AvgIpc) is 2.63. The molecule has 0 aliphatic carbocycles. The summed E-state index contributed by atoms with van der Waals surface area (Å²) in [7, 11) is 0. The topological polar surface area (TPSA) is 50.9 Å². The lowest BCUT2D eigenvalue weighted by Gasteiger charge is -2.13. The minimum absolute atomic E-state index is 0.150. The van der Waals surface area contributed by atoms with Crippen molar-refractivity contribution in [3.05, 3.63) is 11.9 Å². The van der Waals surface area contributed by atoms with Crippen LogP contribution in [0.15, 0.2) is 6.20 Å². The zero-order valence-electron chi connectivity index (χ0n) is 9.07. The Hall–Kier alpha value is -1.11. The van der Waals surface area contributed by atoms with Gasteiger partial charge in [-0.15, -0.1) is 5.10 Å². The summed E-state index contributed by atoms with van der Waals surface area (Å²) in [4.78, 5) is 0. The van der Waals surface area contributed by atoms with E-state index in [2.05, 4.69) is 10.3 Å². The van der Waals surface area contributed by atoms with Crippen molar-refractivity contribution in [3.63, 3.8) is 0 Å². The van der Waals surface area contributed by atoms with Crippen molar-refractivity contribution < 1.29 is 18.3 Å². The quantitative estimate of drug-likeness (QED) is 0.867. The monoisotopic (exact) mass is 237 g/mol. The van der Waals surface area contributed by atoms with Gasteiger partial charge in [0.25, 0.3) is 0 Å². The molecule has 7 heteroatoms. The highest BCUT2D eigenvalue weighted by molar-refractivity contribution is 4.99. The Kier molecular flexibility index (Phi) is 3.90. The minimum Gasteiger partial charge on any atom is -0.382 e. The second-order valence-electron chi connectivity index (χ2n) is 3.73. The highest BCUT2D eigenvalue weighted by Gasteiger charge is 2.38. The van der Waals surface area contributed by atoms with Crippen molar-refractivity contribution in [1.29, 1.82) is 0 Å². The Morgan fingerprint density at radius 2 is 2.12 bits per heavy atom. The van der Waals surface area contributed by atoms with Gasteiger partial charge in [-0.25, -0.2) is 4.68 Å². The summed E-state index contributed by atoms with van der Waals surface area (Å²) in [5.41, 5.74) is 0.636. The molecule has 0 bridgehead atoms. The molecule has 0 spiro atoms. The van der Waals surface area contributed by atoms with Gasteiger partial charge >= 0.3 is 6.18 Å². The molecule has 0 saturated heterocycles. The van der Waals surface area contributed by atoms with Crippen molar-refractivity contribution >= 4 is 0 Å². The first kappa shape index (κ1) is 13.0. The second kappa shape index (κ2) is 4.82. The van der Waals surface area contributed by atoms with Crippen LogP contribution in [0.2, 0.25) is 0 Å². The normalized spacial score (nSPS) is 16.1. The van der Waals surface area contributed by atoms with E-state index in [9.17, 15) is 13.2 Å². The van der Waals surface area contributed by atoms with Crippen molar-refractivity contribution in [2.75, 3.05) is 0 Å². The first-order valence-corrected chi connectivity index (χ1v) is 4.99. The fraction of sp³-hybridized carbons (Fsp3) is 0.778. The van der Waals surface area contributed by atoms with E-state index in [1.54, 1.807) is 0 Å². The summed E-state index contributed by atoms with van der Waals surface area (Å²) < 4.78 is 37.2.